The van der Waals surface area contributed by atoms with Crippen LogP contribution in [0.15, 0.2) is 60.9 Å². The van der Waals surface area contributed by atoms with Gasteiger partial charge in [-0.2, -0.15) is 0 Å². The largest absolute Gasteiger partial charge is 0.494 e. The number of aromatic nitrogens is 2. The molecule has 4 aromatic rings. The molecule has 178 valence electrons. The molecule has 0 radical (unpaired) electrons. The van der Waals surface area contributed by atoms with Gasteiger partial charge in [-0.1, -0.05) is 36.4 Å². The summed E-state index contributed by atoms with van der Waals surface area (Å²) in [7, 11) is 1.43. The summed E-state index contributed by atoms with van der Waals surface area (Å²) >= 11 is 0. The van der Waals surface area contributed by atoms with Crippen molar-refractivity contribution < 1.29 is 24.2 Å². The number of carbonyl (C=O) groups excluding carboxylic acids is 1. The van der Waals surface area contributed by atoms with E-state index < -0.39 is 5.91 Å². The number of amides is 1. The minimum Gasteiger partial charge on any atom is -0.494 e. The molecule has 1 amide bonds. The molecule has 0 unspecified atom stereocenters. The highest BCUT2D eigenvalue weighted by molar-refractivity contribution is 6.09. The minimum atomic E-state index is -0.733. The fraction of sp³-hybridized carbons (Fsp3) is 0.192. The molecule has 0 aliphatic carbocycles. The van der Waals surface area contributed by atoms with Crippen LogP contribution in [0, 0.1) is 5.82 Å². The van der Waals surface area contributed by atoms with E-state index in [9.17, 15) is 19.5 Å². The number of hydrogen-bond donors (Lipinski definition) is 3. The molecule has 3 heterocycles. The number of ether oxygens (including phenoxy) is 1. The molecule has 1 fully saturated rings. The summed E-state index contributed by atoms with van der Waals surface area (Å²) in [5.74, 6) is -0.821. The Morgan fingerprint density at radius 3 is 2.51 bits per heavy atom. The average Bonchev–Trinajstić information content (AvgIpc) is 2.87. The van der Waals surface area contributed by atoms with Crippen LogP contribution >= 0.6 is 0 Å². The lowest BCUT2D eigenvalue weighted by Gasteiger charge is -2.35. The van der Waals surface area contributed by atoms with Crippen molar-refractivity contribution in [3.8, 4) is 28.1 Å². The first-order chi connectivity index (χ1) is 17.0. The zero-order chi connectivity index (χ0) is 24.5. The molecular formula is C26H23FN4O4. The molecule has 3 N–H and O–H groups in total. The number of rotatable bonds is 6. The quantitative estimate of drug-likeness (QED) is 0.290. The van der Waals surface area contributed by atoms with Crippen LogP contribution in [0.5, 0.6) is 5.75 Å². The molecule has 8 nitrogen and oxygen atoms in total. The SMILES string of the molecule is COc1c(-c2ccc(-c3ccc(CN4CC(O)C4)c(F)c3)cc2)nc2ccncc2c1C(=O)NO. The average molecular weight is 474 g/mol. The van der Waals surface area contributed by atoms with E-state index in [1.807, 2.05) is 35.2 Å². The zero-order valence-corrected chi connectivity index (χ0v) is 18.9. The molecule has 0 bridgehead atoms. The summed E-state index contributed by atoms with van der Waals surface area (Å²) in [4.78, 5) is 23.1. The van der Waals surface area contributed by atoms with Gasteiger partial charge in [0.05, 0.1) is 24.3 Å². The summed E-state index contributed by atoms with van der Waals surface area (Å²) in [6.07, 6.45) is 2.74. The molecule has 0 spiro atoms. The maximum atomic E-state index is 14.7. The zero-order valence-electron chi connectivity index (χ0n) is 18.9. The predicted octanol–water partition coefficient (Wildman–Crippen LogP) is 3.41. The van der Waals surface area contributed by atoms with Gasteiger partial charge in [-0.15, -0.1) is 0 Å². The number of hydrogen-bond acceptors (Lipinski definition) is 7. The molecule has 0 saturated carbocycles. The number of nitrogens with one attached hydrogen (secondary N) is 1. The normalized spacial score (nSPS) is 14.1. The first kappa shape index (κ1) is 22.9. The van der Waals surface area contributed by atoms with Crippen LogP contribution in [0.25, 0.3) is 33.3 Å². The standard InChI is InChI=1S/C26H23FN4O4/c1-35-25-23(26(33)30-34)20-11-28-9-8-22(20)29-24(25)16-4-2-15(3-5-16)17-6-7-18(21(27)10-17)12-31-13-19(32)14-31/h2-11,19,32,34H,12-14H2,1H3,(H,30,33). The number of methoxy groups -OCH3 is 1. The third-order valence-corrected chi connectivity index (χ3v) is 6.15. The van der Waals surface area contributed by atoms with Crippen LogP contribution in [0.4, 0.5) is 4.39 Å². The van der Waals surface area contributed by atoms with Crippen LogP contribution in [0.3, 0.4) is 0 Å². The predicted molar refractivity (Wildman–Crippen MR) is 127 cm³/mol. The van der Waals surface area contributed by atoms with Crippen LogP contribution < -0.4 is 10.2 Å². The Kier molecular flexibility index (Phi) is 6.12. The number of carbonyl (C=O) groups is 1. The first-order valence-electron chi connectivity index (χ1n) is 11.0. The molecule has 0 atom stereocenters. The molecule has 2 aromatic carbocycles. The van der Waals surface area contributed by atoms with E-state index in [4.69, 9.17) is 4.74 Å². The van der Waals surface area contributed by atoms with Gasteiger partial charge in [-0.05, 0) is 23.3 Å². The lowest BCUT2D eigenvalue weighted by Crippen LogP contribution is -2.49. The number of aliphatic hydroxyl groups excluding tert-OH is 1. The number of pyridine rings is 2. The Bertz CT molecular complexity index is 1400. The maximum Gasteiger partial charge on any atom is 0.279 e. The van der Waals surface area contributed by atoms with Crippen molar-refractivity contribution in [3.63, 3.8) is 0 Å². The molecule has 35 heavy (non-hydrogen) atoms. The van der Waals surface area contributed by atoms with E-state index in [1.165, 1.54) is 19.4 Å². The molecular weight excluding hydrogens is 451 g/mol. The second kappa shape index (κ2) is 9.38. The van der Waals surface area contributed by atoms with E-state index >= 15 is 0 Å². The summed E-state index contributed by atoms with van der Waals surface area (Å²) < 4.78 is 20.2. The third kappa shape index (κ3) is 4.32. The van der Waals surface area contributed by atoms with Gasteiger partial charge in [-0.25, -0.2) is 14.9 Å². The molecule has 1 saturated heterocycles. The van der Waals surface area contributed by atoms with E-state index in [2.05, 4.69) is 9.97 Å². The number of hydroxylamine groups is 1. The topological polar surface area (TPSA) is 108 Å². The molecule has 2 aromatic heterocycles. The smallest absolute Gasteiger partial charge is 0.279 e. The van der Waals surface area contributed by atoms with E-state index in [1.54, 1.807) is 23.8 Å². The van der Waals surface area contributed by atoms with Gasteiger partial charge in [0.25, 0.3) is 5.91 Å². The highest BCUT2D eigenvalue weighted by atomic mass is 19.1. The second-order valence-electron chi connectivity index (χ2n) is 8.43. The van der Waals surface area contributed by atoms with Gasteiger partial charge >= 0.3 is 0 Å². The number of nitrogens with zero attached hydrogens (tertiary/aromatic N) is 3. The molecule has 1 aliphatic heterocycles. The number of fused-ring (bicyclic) bond motifs is 1. The highest BCUT2D eigenvalue weighted by Crippen LogP contribution is 2.36. The summed E-state index contributed by atoms with van der Waals surface area (Å²) in [5, 5.41) is 19.1. The Morgan fingerprint density at radius 2 is 1.86 bits per heavy atom. The van der Waals surface area contributed by atoms with Crippen molar-refractivity contribution in [3.05, 3.63) is 77.9 Å². The van der Waals surface area contributed by atoms with Gasteiger partial charge in [0.1, 0.15) is 11.5 Å². The fourth-order valence-electron chi connectivity index (χ4n) is 4.35. The Hall–Kier alpha value is -3.92. The summed E-state index contributed by atoms with van der Waals surface area (Å²) in [6, 6.07) is 14.2. The molecule has 9 heteroatoms. The van der Waals surface area contributed by atoms with Crippen molar-refractivity contribution in [1.29, 1.82) is 0 Å². The first-order valence-corrected chi connectivity index (χ1v) is 11.0. The minimum absolute atomic E-state index is 0.125. The van der Waals surface area contributed by atoms with E-state index in [0.29, 0.717) is 47.4 Å². The lowest BCUT2D eigenvalue weighted by atomic mass is 9.98. The monoisotopic (exact) mass is 474 g/mol. The lowest BCUT2D eigenvalue weighted by molar-refractivity contribution is -0.00342. The van der Waals surface area contributed by atoms with Gasteiger partial charge in [0.2, 0.25) is 0 Å². The number of benzene rings is 2. The number of halogens is 1. The van der Waals surface area contributed by atoms with Crippen LogP contribution in [0.2, 0.25) is 0 Å². The van der Waals surface area contributed by atoms with Gasteiger partial charge in [0.15, 0.2) is 5.75 Å². The van der Waals surface area contributed by atoms with Gasteiger partial charge in [0, 0.05) is 48.5 Å². The van der Waals surface area contributed by atoms with Gasteiger partial charge in [-0.3, -0.25) is 19.9 Å². The fourth-order valence-corrected chi connectivity index (χ4v) is 4.35. The third-order valence-electron chi connectivity index (χ3n) is 6.15. The van der Waals surface area contributed by atoms with Crippen molar-refractivity contribution >= 4 is 16.8 Å². The van der Waals surface area contributed by atoms with E-state index in [0.717, 1.165) is 11.1 Å². The Balaban J connectivity index is 1.49. The van der Waals surface area contributed by atoms with Crippen LogP contribution in [-0.4, -0.2) is 57.4 Å². The summed E-state index contributed by atoms with van der Waals surface area (Å²) in [6.45, 7) is 1.59. The number of aliphatic hydroxyl groups is 1. The Labute approximate surface area is 200 Å². The van der Waals surface area contributed by atoms with Crippen LogP contribution in [0.1, 0.15) is 15.9 Å². The van der Waals surface area contributed by atoms with Crippen molar-refractivity contribution in [2.75, 3.05) is 20.2 Å². The molecule has 1 aliphatic rings. The maximum absolute atomic E-state index is 14.7. The van der Waals surface area contributed by atoms with E-state index in [-0.39, 0.29) is 23.2 Å². The van der Waals surface area contributed by atoms with Crippen molar-refractivity contribution in [1.82, 2.24) is 20.3 Å². The van der Waals surface area contributed by atoms with Crippen molar-refractivity contribution in [2.45, 2.75) is 12.6 Å². The van der Waals surface area contributed by atoms with Crippen LogP contribution in [-0.2, 0) is 6.54 Å². The highest BCUT2D eigenvalue weighted by Gasteiger charge is 2.25. The second-order valence-corrected chi connectivity index (χ2v) is 8.43. The number of likely N-dealkylation sites (tertiary alicyclic amines) is 1. The summed E-state index contributed by atoms with van der Waals surface area (Å²) in [5.41, 5.74) is 5.55. The Morgan fingerprint density at radius 1 is 1.14 bits per heavy atom. The molecule has 5 rings (SSSR count). The van der Waals surface area contributed by atoms with Gasteiger partial charge < -0.3 is 9.84 Å². The number of β-amino-alcohol motifs (C(OH)–C–C–N with tert-alkyl or cyclic N) is 1. The van der Waals surface area contributed by atoms with Crippen molar-refractivity contribution in [2.24, 2.45) is 0 Å².